The minimum Gasteiger partial charge on any atom is -0.489 e. The topological polar surface area (TPSA) is 55.6 Å². The molecule has 1 fully saturated rings. The van der Waals surface area contributed by atoms with Crippen molar-refractivity contribution in [1.29, 1.82) is 0 Å². The molecule has 3 rings (SSSR count). The standard InChI is InChI=1S/C13H16N2O3/c1-9-6-11(15(16)17)7-12-13(9)18-8-10-4-2-3-5-14(10)12/h6-7,10H,2-5,8H2,1H3. The zero-order valence-electron chi connectivity index (χ0n) is 10.4. The number of piperidine rings is 1. The van der Waals surface area contributed by atoms with E-state index in [1.807, 2.05) is 6.92 Å². The minimum atomic E-state index is -0.333. The van der Waals surface area contributed by atoms with Gasteiger partial charge < -0.3 is 9.64 Å². The van der Waals surface area contributed by atoms with Crippen LogP contribution in [0.1, 0.15) is 24.8 Å². The van der Waals surface area contributed by atoms with E-state index in [0.29, 0.717) is 12.6 Å². The molecule has 1 saturated heterocycles. The maximum atomic E-state index is 10.9. The summed E-state index contributed by atoms with van der Waals surface area (Å²) in [5, 5.41) is 10.9. The van der Waals surface area contributed by atoms with E-state index in [9.17, 15) is 10.1 Å². The molecule has 0 spiro atoms. The molecular formula is C13H16N2O3. The Kier molecular flexibility index (Phi) is 2.61. The van der Waals surface area contributed by atoms with E-state index >= 15 is 0 Å². The number of ether oxygens (including phenoxy) is 1. The first-order chi connectivity index (χ1) is 8.66. The Bertz CT molecular complexity index is 501. The number of nitro groups is 1. The average Bonchev–Trinajstić information content (AvgIpc) is 2.38. The van der Waals surface area contributed by atoms with Crippen molar-refractivity contribution in [3.05, 3.63) is 27.8 Å². The Morgan fingerprint density at radius 2 is 2.28 bits per heavy atom. The summed E-state index contributed by atoms with van der Waals surface area (Å²) in [5.41, 5.74) is 1.90. The van der Waals surface area contributed by atoms with Gasteiger partial charge in [0, 0.05) is 18.7 Å². The molecule has 0 N–H and O–H groups in total. The summed E-state index contributed by atoms with van der Waals surface area (Å²) in [4.78, 5) is 12.9. The van der Waals surface area contributed by atoms with Crippen molar-refractivity contribution in [3.8, 4) is 5.75 Å². The average molecular weight is 248 g/mol. The molecule has 5 heteroatoms. The lowest BCUT2D eigenvalue weighted by Gasteiger charge is -2.41. The summed E-state index contributed by atoms with van der Waals surface area (Å²) in [6.45, 7) is 3.55. The molecule has 0 aromatic heterocycles. The van der Waals surface area contributed by atoms with Gasteiger partial charge >= 0.3 is 0 Å². The van der Waals surface area contributed by atoms with Crippen LogP contribution in [-0.4, -0.2) is 24.1 Å². The van der Waals surface area contributed by atoms with E-state index < -0.39 is 0 Å². The molecule has 0 radical (unpaired) electrons. The Hall–Kier alpha value is -1.78. The van der Waals surface area contributed by atoms with Crippen molar-refractivity contribution in [2.24, 2.45) is 0 Å². The van der Waals surface area contributed by atoms with Crippen molar-refractivity contribution < 1.29 is 9.66 Å². The van der Waals surface area contributed by atoms with Crippen LogP contribution < -0.4 is 9.64 Å². The Balaban J connectivity index is 2.08. The largest absolute Gasteiger partial charge is 0.489 e. The predicted octanol–water partition coefficient (Wildman–Crippen LogP) is 2.65. The number of aryl methyl sites for hydroxylation is 1. The highest BCUT2D eigenvalue weighted by Gasteiger charge is 2.32. The van der Waals surface area contributed by atoms with Crippen molar-refractivity contribution in [2.45, 2.75) is 32.2 Å². The molecule has 0 saturated carbocycles. The predicted molar refractivity (Wildman–Crippen MR) is 68.3 cm³/mol. The van der Waals surface area contributed by atoms with Crippen LogP contribution in [0.2, 0.25) is 0 Å². The third-order valence-electron chi connectivity index (χ3n) is 3.81. The molecular weight excluding hydrogens is 232 g/mol. The van der Waals surface area contributed by atoms with Gasteiger partial charge in [0.1, 0.15) is 12.4 Å². The van der Waals surface area contributed by atoms with Crippen LogP contribution in [0.25, 0.3) is 0 Å². The molecule has 1 atom stereocenters. The molecule has 1 unspecified atom stereocenters. The molecule has 5 nitrogen and oxygen atoms in total. The first-order valence-corrected chi connectivity index (χ1v) is 6.35. The van der Waals surface area contributed by atoms with Crippen LogP contribution in [0.4, 0.5) is 11.4 Å². The van der Waals surface area contributed by atoms with E-state index in [0.717, 1.165) is 36.4 Å². The van der Waals surface area contributed by atoms with Gasteiger partial charge in [-0.25, -0.2) is 0 Å². The molecule has 18 heavy (non-hydrogen) atoms. The monoisotopic (exact) mass is 248 g/mol. The third-order valence-corrected chi connectivity index (χ3v) is 3.81. The number of nitro benzene ring substituents is 1. The fourth-order valence-corrected chi connectivity index (χ4v) is 2.91. The van der Waals surface area contributed by atoms with E-state index in [1.165, 1.54) is 6.42 Å². The molecule has 1 aromatic rings. The van der Waals surface area contributed by atoms with E-state index in [2.05, 4.69) is 4.90 Å². The van der Waals surface area contributed by atoms with Crippen molar-refractivity contribution in [1.82, 2.24) is 0 Å². The van der Waals surface area contributed by atoms with Gasteiger partial charge in [-0.05, 0) is 31.7 Å². The maximum absolute atomic E-state index is 10.9. The van der Waals surface area contributed by atoms with Crippen molar-refractivity contribution in [3.63, 3.8) is 0 Å². The lowest BCUT2D eigenvalue weighted by Crippen LogP contribution is -2.46. The molecule has 96 valence electrons. The fraction of sp³-hybridized carbons (Fsp3) is 0.538. The second kappa shape index (κ2) is 4.15. The number of nitrogens with zero attached hydrogens (tertiary/aromatic N) is 2. The SMILES string of the molecule is Cc1cc([N+](=O)[O-])cc2c1OCC1CCCCN21. The first-order valence-electron chi connectivity index (χ1n) is 6.35. The zero-order chi connectivity index (χ0) is 12.7. The Labute approximate surface area is 106 Å². The van der Waals surface area contributed by atoms with Crippen LogP contribution >= 0.6 is 0 Å². The summed E-state index contributed by atoms with van der Waals surface area (Å²) < 4.78 is 5.79. The fourth-order valence-electron chi connectivity index (χ4n) is 2.91. The van der Waals surface area contributed by atoms with Gasteiger partial charge in [0.15, 0.2) is 0 Å². The van der Waals surface area contributed by atoms with Crippen LogP contribution in [0.15, 0.2) is 12.1 Å². The zero-order valence-corrected chi connectivity index (χ0v) is 10.4. The number of fused-ring (bicyclic) bond motifs is 3. The second-order valence-electron chi connectivity index (χ2n) is 5.02. The highest BCUT2D eigenvalue weighted by Crippen LogP contribution is 2.41. The van der Waals surface area contributed by atoms with E-state index in [1.54, 1.807) is 12.1 Å². The third kappa shape index (κ3) is 1.70. The number of rotatable bonds is 1. The minimum absolute atomic E-state index is 0.154. The Morgan fingerprint density at radius 1 is 1.44 bits per heavy atom. The number of non-ortho nitro benzene ring substituents is 1. The number of hydrogen-bond donors (Lipinski definition) is 0. The van der Waals surface area contributed by atoms with Gasteiger partial charge in [-0.1, -0.05) is 0 Å². The van der Waals surface area contributed by atoms with Crippen LogP contribution in [0.5, 0.6) is 5.75 Å². The Morgan fingerprint density at radius 3 is 3.06 bits per heavy atom. The summed E-state index contributed by atoms with van der Waals surface area (Å²) in [6, 6.07) is 3.62. The summed E-state index contributed by atoms with van der Waals surface area (Å²) in [6.07, 6.45) is 3.48. The van der Waals surface area contributed by atoms with Gasteiger partial charge in [0.2, 0.25) is 0 Å². The van der Waals surface area contributed by atoms with Gasteiger partial charge in [-0.15, -0.1) is 0 Å². The van der Waals surface area contributed by atoms with Gasteiger partial charge in [-0.2, -0.15) is 0 Å². The molecule has 1 aromatic carbocycles. The summed E-state index contributed by atoms with van der Waals surface area (Å²) in [7, 11) is 0. The molecule has 0 amide bonds. The molecule has 2 heterocycles. The van der Waals surface area contributed by atoms with Gasteiger partial charge in [0.25, 0.3) is 5.69 Å². The van der Waals surface area contributed by atoms with Gasteiger partial charge in [0.05, 0.1) is 16.7 Å². The van der Waals surface area contributed by atoms with E-state index in [4.69, 9.17) is 4.74 Å². The van der Waals surface area contributed by atoms with Crippen molar-refractivity contribution >= 4 is 11.4 Å². The maximum Gasteiger partial charge on any atom is 0.272 e. The number of benzene rings is 1. The lowest BCUT2D eigenvalue weighted by molar-refractivity contribution is -0.384. The molecule has 0 bridgehead atoms. The smallest absolute Gasteiger partial charge is 0.272 e. The highest BCUT2D eigenvalue weighted by molar-refractivity contribution is 5.68. The van der Waals surface area contributed by atoms with Crippen LogP contribution in [0.3, 0.4) is 0 Å². The molecule has 2 aliphatic rings. The number of anilines is 1. The van der Waals surface area contributed by atoms with Crippen LogP contribution in [0, 0.1) is 17.0 Å². The highest BCUT2D eigenvalue weighted by atomic mass is 16.6. The number of hydrogen-bond acceptors (Lipinski definition) is 4. The summed E-state index contributed by atoms with van der Waals surface area (Å²) in [5.74, 6) is 0.818. The first kappa shape index (κ1) is 11.3. The lowest BCUT2D eigenvalue weighted by atomic mass is 9.99. The second-order valence-corrected chi connectivity index (χ2v) is 5.02. The quantitative estimate of drug-likeness (QED) is 0.566. The molecule has 0 aliphatic carbocycles. The van der Waals surface area contributed by atoms with Crippen LogP contribution in [-0.2, 0) is 0 Å². The van der Waals surface area contributed by atoms with E-state index in [-0.39, 0.29) is 10.6 Å². The normalized spacial score (nSPS) is 21.8. The molecule has 2 aliphatic heterocycles. The van der Waals surface area contributed by atoms with Crippen molar-refractivity contribution in [2.75, 3.05) is 18.1 Å². The summed E-state index contributed by atoms with van der Waals surface area (Å²) >= 11 is 0. The van der Waals surface area contributed by atoms with Gasteiger partial charge in [-0.3, -0.25) is 10.1 Å².